The molecule has 68 valence electrons. The average molecular weight is 191 g/mol. The first-order chi connectivity index (χ1) is 5.52. The number of ether oxygens (including phenoxy) is 1. The van der Waals surface area contributed by atoms with E-state index in [4.69, 9.17) is 16.3 Å². The van der Waals surface area contributed by atoms with Crippen molar-refractivity contribution < 1.29 is 14.3 Å². The maximum atomic E-state index is 11.1. The van der Waals surface area contributed by atoms with Crippen LogP contribution in [0.3, 0.4) is 0 Å². The van der Waals surface area contributed by atoms with Crippen LogP contribution in [0.25, 0.3) is 0 Å². The van der Waals surface area contributed by atoms with E-state index in [2.05, 4.69) is 0 Å². The molecule has 0 bridgehead atoms. The molecule has 1 saturated heterocycles. The fourth-order valence-corrected chi connectivity index (χ4v) is 1.42. The Morgan fingerprint density at radius 3 is 2.50 bits per heavy atom. The highest BCUT2D eigenvalue weighted by Gasteiger charge is 2.39. The van der Waals surface area contributed by atoms with Crippen molar-refractivity contribution in [2.45, 2.75) is 26.4 Å². The number of cyclic esters (lactones) is 1. The molecule has 0 aliphatic carbocycles. The minimum absolute atomic E-state index is 0.169. The maximum Gasteiger partial charge on any atom is 0.310 e. The summed E-state index contributed by atoms with van der Waals surface area (Å²) in [4.78, 5) is 21.7. The minimum atomic E-state index is -0.716. The molecule has 0 amide bonds. The third-order valence-electron chi connectivity index (χ3n) is 2.09. The molecule has 1 aliphatic rings. The highest BCUT2D eigenvalue weighted by Crippen LogP contribution is 2.28. The van der Waals surface area contributed by atoms with Crippen LogP contribution in [-0.2, 0) is 14.3 Å². The van der Waals surface area contributed by atoms with Gasteiger partial charge in [0, 0.05) is 6.42 Å². The van der Waals surface area contributed by atoms with Gasteiger partial charge in [-0.15, -0.1) is 0 Å². The standard InChI is InChI=1S/C8H11ClO3/c1-4(2)5-3-6(7(9)10)12-8(5)11/h4-6H,3H2,1-2H3. The number of rotatable bonds is 2. The number of esters is 1. The fraction of sp³-hybridized carbons (Fsp3) is 0.750. The highest BCUT2D eigenvalue weighted by molar-refractivity contribution is 6.64. The molecule has 0 N–H and O–H groups in total. The van der Waals surface area contributed by atoms with Gasteiger partial charge in [-0.3, -0.25) is 9.59 Å². The molecule has 0 spiro atoms. The largest absolute Gasteiger partial charge is 0.453 e. The maximum absolute atomic E-state index is 11.1. The molecule has 0 saturated carbocycles. The zero-order valence-corrected chi connectivity index (χ0v) is 7.80. The van der Waals surface area contributed by atoms with Crippen LogP contribution in [0, 0.1) is 11.8 Å². The molecule has 1 heterocycles. The Labute approximate surface area is 76.0 Å². The molecule has 2 unspecified atom stereocenters. The summed E-state index contributed by atoms with van der Waals surface area (Å²) in [5.41, 5.74) is 0. The van der Waals surface area contributed by atoms with Gasteiger partial charge < -0.3 is 4.74 Å². The minimum Gasteiger partial charge on any atom is -0.453 e. The predicted octanol–water partition coefficient (Wildman–Crippen LogP) is 1.34. The van der Waals surface area contributed by atoms with Crippen molar-refractivity contribution in [3.63, 3.8) is 0 Å². The van der Waals surface area contributed by atoms with E-state index >= 15 is 0 Å². The molecule has 0 aromatic carbocycles. The van der Waals surface area contributed by atoms with Gasteiger partial charge >= 0.3 is 5.97 Å². The van der Waals surface area contributed by atoms with Crippen molar-refractivity contribution in [1.82, 2.24) is 0 Å². The summed E-state index contributed by atoms with van der Waals surface area (Å²) in [5, 5.41) is -0.577. The zero-order chi connectivity index (χ0) is 9.30. The fourth-order valence-electron chi connectivity index (χ4n) is 1.29. The van der Waals surface area contributed by atoms with Crippen molar-refractivity contribution in [1.29, 1.82) is 0 Å². The first-order valence-corrected chi connectivity index (χ1v) is 4.30. The molecule has 2 atom stereocenters. The van der Waals surface area contributed by atoms with Crippen LogP contribution in [0.2, 0.25) is 0 Å². The van der Waals surface area contributed by atoms with Gasteiger partial charge in [-0.05, 0) is 17.5 Å². The molecule has 0 aromatic rings. The van der Waals surface area contributed by atoms with Gasteiger partial charge in [-0.2, -0.15) is 0 Å². The molecule has 3 nitrogen and oxygen atoms in total. The lowest BCUT2D eigenvalue weighted by Crippen LogP contribution is -2.14. The molecule has 12 heavy (non-hydrogen) atoms. The Bertz CT molecular complexity index is 212. The second-order valence-electron chi connectivity index (χ2n) is 3.32. The van der Waals surface area contributed by atoms with Crippen LogP contribution in [0.1, 0.15) is 20.3 Å². The van der Waals surface area contributed by atoms with E-state index in [-0.39, 0.29) is 17.8 Å². The second-order valence-corrected chi connectivity index (χ2v) is 3.69. The van der Waals surface area contributed by atoms with Crippen LogP contribution < -0.4 is 0 Å². The molecule has 0 aromatic heterocycles. The normalized spacial score (nSPS) is 29.2. The van der Waals surface area contributed by atoms with E-state index in [9.17, 15) is 9.59 Å². The van der Waals surface area contributed by atoms with Crippen LogP contribution in [-0.4, -0.2) is 17.3 Å². The van der Waals surface area contributed by atoms with Gasteiger partial charge in [-0.1, -0.05) is 13.8 Å². The number of carbonyl (C=O) groups is 2. The van der Waals surface area contributed by atoms with Crippen LogP contribution in [0.5, 0.6) is 0 Å². The number of halogens is 1. The Kier molecular flexibility index (Phi) is 2.73. The van der Waals surface area contributed by atoms with E-state index in [0.717, 1.165) is 0 Å². The summed E-state index contributed by atoms with van der Waals surface area (Å²) >= 11 is 5.20. The molecular weight excluding hydrogens is 180 g/mol. The topological polar surface area (TPSA) is 43.4 Å². The third kappa shape index (κ3) is 1.78. The van der Waals surface area contributed by atoms with Gasteiger partial charge in [0.15, 0.2) is 6.10 Å². The smallest absolute Gasteiger partial charge is 0.310 e. The van der Waals surface area contributed by atoms with Gasteiger partial charge in [0.05, 0.1) is 5.92 Å². The summed E-state index contributed by atoms with van der Waals surface area (Å²) in [5.74, 6) is -0.264. The van der Waals surface area contributed by atoms with Crippen LogP contribution in [0.4, 0.5) is 0 Å². The van der Waals surface area contributed by atoms with Gasteiger partial charge in [-0.25, -0.2) is 0 Å². The average Bonchev–Trinajstić information content (AvgIpc) is 2.30. The third-order valence-corrected chi connectivity index (χ3v) is 2.33. The Balaban J connectivity index is 2.62. The molecule has 1 rings (SSSR count). The number of carbonyl (C=O) groups excluding carboxylic acids is 2. The summed E-state index contributed by atoms with van der Waals surface area (Å²) in [7, 11) is 0. The van der Waals surface area contributed by atoms with Gasteiger partial charge in [0.1, 0.15) is 0 Å². The molecular formula is C8H11ClO3. The predicted molar refractivity (Wildman–Crippen MR) is 43.7 cm³/mol. The van der Waals surface area contributed by atoms with Crippen LogP contribution in [0.15, 0.2) is 0 Å². The summed E-state index contributed by atoms with van der Waals surface area (Å²) in [6.07, 6.45) is -0.287. The second kappa shape index (κ2) is 3.44. The Hall–Kier alpha value is -0.570. The van der Waals surface area contributed by atoms with E-state index in [1.54, 1.807) is 0 Å². The highest BCUT2D eigenvalue weighted by atomic mass is 35.5. The first-order valence-electron chi connectivity index (χ1n) is 3.92. The lowest BCUT2D eigenvalue weighted by molar-refractivity contribution is -0.148. The quantitative estimate of drug-likeness (QED) is 0.488. The first kappa shape index (κ1) is 9.52. The van der Waals surface area contributed by atoms with E-state index in [1.165, 1.54) is 0 Å². The SMILES string of the molecule is CC(C)C1CC(C(=O)Cl)OC1=O. The molecule has 1 aliphatic heterocycles. The Morgan fingerprint density at radius 2 is 2.25 bits per heavy atom. The molecule has 0 radical (unpaired) electrons. The summed E-state index contributed by atoms with van der Waals surface area (Å²) in [6, 6.07) is 0. The van der Waals surface area contributed by atoms with Crippen LogP contribution >= 0.6 is 11.6 Å². The lowest BCUT2D eigenvalue weighted by atomic mass is 9.93. The van der Waals surface area contributed by atoms with E-state index in [1.807, 2.05) is 13.8 Å². The van der Waals surface area contributed by atoms with E-state index < -0.39 is 11.3 Å². The summed E-state index contributed by atoms with van der Waals surface area (Å²) in [6.45, 7) is 3.85. The van der Waals surface area contributed by atoms with Crippen molar-refractivity contribution >= 4 is 22.8 Å². The van der Waals surface area contributed by atoms with Gasteiger partial charge in [0.25, 0.3) is 5.24 Å². The zero-order valence-electron chi connectivity index (χ0n) is 7.04. The van der Waals surface area contributed by atoms with Gasteiger partial charge in [0.2, 0.25) is 0 Å². The van der Waals surface area contributed by atoms with Crippen molar-refractivity contribution in [2.24, 2.45) is 11.8 Å². The monoisotopic (exact) mass is 190 g/mol. The molecule has 4 heteroatoms. The molecule has 1 fully saturated rings. The van der Waals surface area contributed by atoms with Crippen molar-refractivity contribution in [2.75, 3.05) is 0 Å². The lowest BCUT2D eigenvalue weighted by Gasteiger charge is -2.07. The van der Waals surface area contributed by atoms with Crippen molar-refractivity contribution in [3.05, 3.63) is 0 Å². The summed E-state index contributed by atoms with van der Waals surface area (Å²) < 4.78 is 4.78. The van der Waals surface area contributed by atoms with E-state index in [0.29, 0.717) is 6.42 Å². The van der Waals surface area contributed by atoms with Crippen molar-refractivity contribution in [3.8, 4) is 0 Å². The number of hydrogen-bond acceptors (Lipinski definition) is 3. The Morgan fingerprint density at radius 1 is 1.67 bits per heavy atom. The number of hydrogen-bond donors (Lipinski definition) is 0.